The second-order valence-corrected chi connectivity index (χ2v) is 5.39. The van der Waals surface area contributed by atoms with Crippen LogP contribution in [0.4, 0.5) is 0 Å². The number of nitrogens with one attached hydrogen (secondary N) is 2. The second kappa shape index (κ2) is 5.16. The molecule has 0 aliphatic carbocycles. The highest BCUT2D eigenvalue weighted by molar-refractivity contribution is 6.37. The van der Waals surface area contributed by atoms with Crippen LogP contribution in [0.15, 0.2) is 17.1 Å². The fourth-order valence-electron chi connectivity index (χ4n) is 2.44. The molecule has 1 atom stereocenters. The van der Waals surface area contributed by atoms with E-state index >= 15 is 0 Å². The molecule has 3 rings (SSSR count). The lowest BCUT2D eigenvalue weighted by Crippen LogP contribution is -2.39. The fraction of sp³-hybridized carbons (Fsp3) is 0.308. The molecule has 1 aromatic carbocycles. The van der Waals surface area contributed by atoms with E-state index < -0.39 is 0 Å². The number of nitrogens with zero attached hydrogens (tertiary/aromatic N) is 1. The van der Waals surface area contributed by atoms with E-state index in [1.807, 2.05) is 13.1 Å². The molecule has 1 unspecified atom stereocenters. The van der Waals surface area contributed by atoms with Crippen LogP contribution in [0.1, 0.15) is 11.1 Å². The van der Waals surface area contributed by atoms with Crippen LogP contribution in [-0.2, 0) is 6.42 Å². The molecule has 4 N–H and O–H groups in total. The minimum Gasteiger partial charge on any atom is -0.491 e. The molecule has 7 heteroatoms. The van der Waals surface area contributed by atoms with Crippen molar-refractivity contribution in [3.8, 4) is 5.75 Å². The highest BCUT2D eigenvalue weighted by Crippen LogP contribution is 2.42. The molecule has 0 aromatic heterocycles. The van der Waals surface area contributed by atoms with Crippen molar-refractivity contribution >= 4 is 34.9 Å². The van der Waals surface area contributed by atoms with Crippen molar-refractivity contribution < 1.29 is 4.74 Å². The normalized spacial score (nSPS) is 20.6. The number of fused-ring (bicyclic) bond motifs is 1. The van der Waals surface area contributed by atoms with Crippen molar-refractivity contribution in [3.63, 3.8) is 0 Å². The third kappa shape index (κ3) is 2.22. The third-order valence-electron chi connectivity index (χ3n) is 3.31. The van der Waals surface area contributed by atoms with Crippen molar-refractivity contribution in [3.05, 3.63) is 33.3 Å². The number of hydrogen-bond acceptors (Lipinski definition) is 5. The van der Waals surface area contributed by atoms with E-state index in [1.54, 1.807) is 6.07 Å². The Balaban J connectivity index is 2.12. The van der Waals surface area contributed by atoms with Crippen LogP contribution >= 0.6 is 23.2 Å². The standard InChI is InChI=1S/C13H14Cl2N4O/c1-17-10-5-9(18-13(16)19-10)11-6-2-3-20-12(6)8(15)4-7(11)14/h4-5,10,17H,2-3H2,1H3,(H3,16,18,19). The van der Waals surface area contributed by atoms with E-state index in [0.29, 0.717) is 28.4 Å². The van der Waals surface area contributed by atoms with Gasteiger partial charge >= 0.3 is 0 Å². The van der Waals surface area contributed by atoms with Crippen molar-refractivity contribution in [2.45, 2.75) is 12.6 Å². The summed E-state index contributed by atoms with van der Waals surface area (Å²) in [5, 5.41) is 7.21. The number of likely N-dealkylation sites (N-methyl/N-ethyl adjacent to an activating group) is 1. The first-order chi connectivity index (χ1) is 9.60. The zero-order valence-electron chi connectivity index (χ0n) is 10.8. The van der Waals surface area contributed by atoms with Crippen molar-refractivity contribution in [1.29, 1.82) is 0 Å². The number of guanidine groups is 1. The van der Waals surface area contributed by atoms with Crippen molar-refractivity contribution in [1.82, 2.24) is 10.6 Å². The van der Waals surface area contributed by atoms with Gasteiger partial charge in [0.2, 0.25) is 0 Å². The predicted molar refractivity (Wildman–Crippen MR) is 81.2 cm³/mol. The van der Waals surface area contributed by atoms with Crippen LogP contribution in [0.2, 0.25) is 10.0 Å². The maximum atomic E-state index is 6.36. The van der Waals surface area contributed by atoms with Crippen molar-refractivity contribution in [2.75, 3.05) is 13.7 Å². The Kier molecular flexibility index (Phi) is 3.50. The first-order valence-corrected chi connectivity index (χ1v) is 6.99. The lowest BCUT2D eigenvalue weighted by molar-refractivity contribution is 0.357. The maximum absolute atomic E-state index is 6.36. The average molecular weight is 313 g/mol. The number of halogens is 2. The Morgan fingerprint density at radius 2 is 2.25 bits per heavy atom. The molecule has 2 aliphatic rings. The van der Waals surface area contributed by atoms with Crippen LogP contribution in [0, 0.1) is 0 Å². The Morgan fingerprint density at radius 1 is 1.45 bits per heavy atom. The Labute approximate surface area is 126 Å². The highest BCUT2D eigenvalue weighted by Gasteiger charge is 2.26. The van der Waals surface area contributed by atoms with E-state index in [-0.39, 0.29) is 6.17 Å². The molecule has 0 saturated carbocycles. The zero-order valence-corrected chi connectivity index (χ0v) is 12.3. The first-order valence-electron chi connectivity index (χ1n) is 6.23. The molecular weight excluding hydrogens is 299 g/mol. The van der Waals surface area contributed by atoms with Gasteiger partial charge in [-0.2, -0.15) is 0 Å². The topological polar surface area (TPSA) is 71.7 Å². The summed E-state index contributed by atoms with van der Waals surface area (Å²) >= 11 is 12.5. The Bertz CT molecular complexity index is 627. The fourth-order valence-corrected chi connectivity index (χ4v) is 3.10. The Morgan fingerprint density at radius 3 is 3.00 bits per heavy atom. The quantitative estimate of drug-likeness (QED) is 0.778. The van der Waals surface area contributed by atoms with Gasteiger partial charge in [-0.25, -0.2) is 4.99 Å². The first kappa shape index (κ1) is 13.5. The predicted octanol–water partition coefficient (Wildman–Crippen LogP) is 1.73. The molecule has 5 nitrogen and oxygen atoms in total. The summed E-state index contributed by atoms with van der Waals surface area (Å²) < 4.78 is 5.57. The number of aliphatic imine (C=N–C) groups is 1. The zero-order chi connectivity index (χ0) is 14.3. The summed E-state index contributed by atoms with van der Waals surface area (Å²) in [6.45, 7) is 0.606. The number of hydrogen-bond donors (Lipinski definition) is 3. The van der Waals surface area contributed by atoms with Crippen LogP contribution < -0.4 is 21.1 Å². The number of rotatable bonds is 2. The molecule has 0 fully saturated rings. The van der Waals surface area contributed by atoms with Crippen LogP contribution in [0.5, 0.6) is 5.75 Å². The lowest BCUT2D eigenvalue weighted by Gasteiger charge is -2.22. The molecule has 0 bridgehead atoms. The van der Waals surface area contributed by atoms with Gasteiger partial charge in [-0.15, -0.1) is 0 Å². The van der Waals surface area contributed by atoms with Crippen LogP contribution in [0.3, 0.4) is 0 Å². The highest BCUT2D eigenvalue weighted by atomic mass is 35.5. The van der Waals surface area contributed by atoms with Gasteiger partial charge in [0.25, 0.3) is 0 Å². The minimum atomic E-state index is -0.184. The maximum Gasteiger partial charge on any atom is 0.195 e. The van der Waals surface area contributed by atoms with Gasteiger partial charge in [0.15, 0.2) is 5.96 Å². The van der Waals surface area contributed by atoms with Crippen LogP contribution in [0.25, 0.3) is 5.70 Å². The van der Waals surface area contributed by atoms with Gasteiger partial charge in [0, 0.05) is 23.2 Å². The van der Waals surface area contributed by atoms with Gasteiger partial charge < -0.3 is 15.8 Å². The number of benzene rings is 1. The summed E-state index contributed by atoms with van der Waals surface area (Å²) in [4.78, 5) is 4.21. The smallest absolute Gasteiger partial charge is 0.195 e. The summed E-state index contributed by atoms with van der Waals surface area (Å²) in [6, 6.07) is 1.70. The molecule has 20 heavy (non-hydrogen) atoms. The van der Waals surface area contributed by atoms with Gasteiger partial charge in [-0.3, -0.25) is 5.32 Å². The molecule has 1 aromatic rings. The summed E-state index contributed by atoms with van der Waals surface area (Å²) in [6.07, 6.45) is 2.52. The third-order valence-corrected chi connectivity index (χ3v) is 3.89. The molecule has 0 radical (unpaired) electrons. The molecule has 2 aliphatic heterocycles. The summed E-state index contributed by atoms with van der Waals surface area (Å²) in [5.74, 6) is 1.05. The van der Waals surface area contributed by atoms with Crippen LogP contribution in [-0.4, -0.2) is 25.8 Å². The molecule has 0 saturated heterocycles. The molecular formula is C13H14Cl2N4O. The summed E-state index contributed by atoms with van der Waals surface area (Å²) in [7, 11) is 1.82. The summed E-state index contributed by atoms with van der Waals surface area (Å²) in [5.41, 5.74) is 8.51. The average Bonchev–Trinajstić information content (AvgIpc) is 2.87. The lowest BCUT2D eigenvalue weighted by atomic mass is 10.0. The van der Waals surface area contributed by atoms with E-state index in [1.165, 1.54) is 0 Å². The van der Waals surface area contributed by atoms with Crippen molar-refractivity contribution in [2.24, 2.45) is 10.7 Å². The Hall–Kier alpha value is -1.43. The minimum absolute atomic E-state index is 0.184. The SMILES string of the molecule is CNC1C=C(c2c(Cl)cc(Cl)c3c2CCO3)NC(N)=N1. The molecule has 0 spiro atoms. The molecule has 0 amide bonds. The van der Waals surface area contributed by atoms with Gasteiger partial charge in [-0.05, 0) is 19.2 Å². The molecule has 2 heterocycles. The second-order valence-electron chi connectivity index (χ2n) is 4.57. The monoisotopic (exact) mass is 312 g/mol. The van der Waals surface area contributed by atoms with E-state index in [0.717, 1.165) is 23.2 Å². The van der Waals surface area contributed by atoms with E-state index in [2.05, 4.69) is 15.6 Å². The van der Waals surface area contributed by atoms with Gasteiger partial charge in [-0.1, -0.05) is 23.2 Å². The number of nitrogens with two attached hydrogens (primary N) is 1. The largest absolute Gasteiger partial charge is 0.491 e. The number of ether oxygens (including phenoxy) is 1. The van der Waals surface area contributed by atoms with E-state index in [9.17, 15) is 0 Å². The van der Waals surface area contributed by atoms with Gasteiger partial charge in [0.1, 0.15) is 11.9 Å². The van der Waals surface area contributed by atoms with Gasteiger partial charge in [0.05, 0.1) is 16.7 Å². The van der Waals surface area contributed by atoms with E-state index in [4.69, 9.17) is 33.7 Å². The molecule has 106 valence electrons.